The molecule has 2 heteroatoms. The Morgan fingerprint density at radius 2 is 1.80 bits per heavy atom. The largest absolute Gasteiger partial charge is 0.371 e. The molecular formula is C18H32N2. The number of aryl methyl sites for hydroxylation is 1. The summed E-state index contributed by atoms with van der Waals surface area (Å²) in [5.41, 5.74) is 4.18. The fourth-order valence-corrected chi connectivity index (χ4v) is 2.71. The zero-order valence-electron chi connectivity index (χ0n) is 14.0. The number of nitrogens with zero attached hydrogens (tertiary/aromatic N) is 1. The van der Waals surface area contributed by atoms with Gasteiger partial charge in [-0.05, 0) is 43.5 Å². The van der Waals surface area contributed by atoms with E-state index >= 15 is 0 Å². The Bertz CT molecular complexity index is 383. The lowest BCUT2D eigenvalue weighted by Gasteiger charge is -2.29. The van der Waals surface area contributed by atoms with Crippen LogP contribution >= 0.6 is 0 Å². The Morgan fingerprint density at radius 1 is 1.10 bits per heavy atom. The van der Waals surface area contributed by atoms with Crippen molar-refractivity contribution in [2.45, 2.75) is 54.0 Å². The van der Waals surface area contributed by atoms with Gasteiger partial charge < -0.3 is 10.2 Å². The monoisotopic (exact) mass is 276 g/mol. The molecule has 0 atom stereocenters. The molecule has 0 aliphatic carbocycles. The van der Waals surface area contributed by atoms with Gasteiger partial charge in [-0.2, -0.15) is 0 Å². The molecule has 20 heavy (non-hydrogen) atoms. The molecule has 0 saturated carbocycles. The van der Waals surface area contributed by atoms with E-state index in [2.05, 4.69) is 63.0 Å². The van der Waals surface area contributed by atoms with Gasteiger partial charge in [0, 0.05) is 25.3 Å². The molecule has 0 radical (unpaired) electrons. The molecule has 0 spiro atoms. The third kappa shape index (κ3) is 4.82. The average Bonchev–Trinajstić information content (AvgIpc) is 2.47. The van der Waals surface area contributed by atoms with Crippen molar-refractivity contribution in [3.05, 3.63) is 29.3 Å². The summed E-state index contributed by atoms with van der Waals surface area (Å²) in [4.78, 5) is 2.53. The van der Waals surface area contributed by atoms with Crippen molar-refractivity contribution in [3.63, 3.8) is 0 Å². The molecule has 1 N–H and O–H groups in total. The van der Waals surface area contributed by atoms with Gasteiger partial charge in [-0.1, -0.05) is 45.7 Å². The molecule has 0 amide bonds. The van der Waals surface area contributed by atoms with Gasteiger partial charge in [0.05, 0.1) is 0 Å². The Hall–Kier alpha value is -1.02. The first-order chi connectivity index (χ1) is 9.65. The lowest BCUT2D eigenvalue weighted by molar-refractivity contribution is 0.486. The number of hydrogen-bond acceptors (Lipinski definition) is 2. The van der Waals surface area contributed by atoms with Crippen LogP contribution in [0.2, 0.25) is 0 Å². The molecule has 0 saturated heterocycles. The zero-order valence-corrected chi connectivity index (χ0v) is 14.0. The third-order valence-corrected chi connectivity index (χ3v) is 4.20. The van der Waals surface area contributed by atoms with Crippen LogP contribution in [0.1, 0.15) is 51.7 Å². The van der Waals surface area contributed by atoms with Crippen LogP contribution in [-0.2, 0) is 6.54 Å². The van der Waals surface area contributed by atoms with Crippen molar-refractivity contribution in [2.24, 2.45) is 5.92 Å². The molecule has 0 aliphatic rings. The second kappa shape index (κ2) is 9.02. The number of benzene rings is 1. The SMILES string of the molecule is CCNCc1ccc(N(CC)CC(CC)CC)c(C)c1. The van der Waals surface area contributed by atoms with E-state index in [1.165, 1.54) is 36.2 Å². The van der Waals surface area contributed by atoms with E-state index in [0.29, 0.717) is 0 Å². The highest BCUT2D eigenvalue weighted by atomic mass is 15.1. The quantitative estimate of drug-likeness (QED) is 0.720. The van der Waals surface area contributed by atoms with E-state index in [4.69, 9.17) is 0 Å². The van der Waals surface area contributed by atoms with Gasteiger partial charge in [0.15, 0.2) is 0 Å². The van der Waals surface area contributed by atoms with Crippen molar-refractivity contribution < 1.29 is 0 Å². The molecule has 0 bridgehead atoms. The van der Waals surface area contributed by atoms with E-state index in [1.807, 2.05) is 0 Å². The molecule has 0 aliphatic heterocycles. The highest BCUT2D eigenvalue weighted by Crippen LogP contribution is 2.23. The van der Waals surface area contributed by atoms with Crippen molar-refractivity contribution in [1.29, 1.82) is 0 Å². The van der Waals surface area contributed by atoms with Gasteiger partial charge in [-0.3, -0.25) is 0 Å². The molecule has 0 heterocycles. The summed E-state index contributed by atoms with van der Waals surface area (Å²) in [7, 11) is 0. The predicted molar refractivity (Wildman–Crippen MR) is 90.5 cm³/mol. The van der Waals surface area contributed by atoms with Gasteiger partial charge >= 0.3 is 0 Å². The highest BCUT2D eigenvalue weighted by Gasteiger charge is 2.12. The van der Waals surface area contributed by atoms with Gasteiger partial charge in [0.1, 0.15) is 0 Å². The molecule has 1 aromatic carbocycles. The van der Waals surface area contributed by atoms with Crippen LogP contribution in [-0.4, -0.2) is 19.6 Å². The van der Waals surface area contributed by atoms with Gasteiger partial charge in [0.25, 0.3) is 0 Å². The Labute approximate surface area is 125 Å². The Morgan fingerprint density at radius 3 is 2.30 bits per heavy atom. The third-order valence-electron chi connectivity index (χ3n) is 4.20. The number of rotatable bonds is 9. The molecular weight excluding hydrogens is 244 g/mol. The van der Waals surface area contributed by atoms with Crippen molar-refractivity contribution in [1.82, 2.24) is 5.32 Å². The number of hydrogen-bond donors (Lipinski definition) is 1. The van der Waals surface area contributed by atoms with Crippen molar-refractivity contribution >= 4 is 5.69 Å². The smallest absolute Gasteiger partial charge is 0.0396 e. The van der Waals surface area contributed by atoms with E-state index < -0.39 is 0 Å². The van der Waals surface area contributed by atoms with Crippen molar-refractivity contribution in [3.8, 4) is 0 Å². The first kappa shape index (κ1) is 17.0. The summed E-state index contributed by atoms with van der Waals surface area (Å²) < 4.78 is 0. The fourth-order valence-electron chi connectivity index (χ4n) is 2.71. The van der Waals surface area contributed by atoms with Crippen LogP contribution in [0.15, 0.2) is 18.2 Å². The van der Waals surface area contributed by atoms with E-state index in [9.17, 15) is 0 Å². The summed E-state index contributed by atoms with van der Waals surface area (Å²) in [6.07, 6.45) is 2.54. The molecule has 1 aromatic rings. The maximum atomic E-state index is 3.39. The average molecular weight is 276 g/mol. The van der Waals surface area contributed by atoms with Crippen molar-refractivity contribution in [2.75, 3.05) is 24.5 Å². The predicted octanol–water partition coefficient (Wildman–Crippen LogP) is 4.37. The fraction of sp³-hybridized carbons (Fsp3) is 0.667. The lowest BCUT2D eigenvalue weighted by Crippen LogP contribution is -2.29. The molecule has 0 fully saturated rings. The van der Waals surface area contributed by atoms with Gasteiger partial charge in [0.2, 0.25) is 0 Å². The van der Waals surface area contributed by atoms with Crippen LogP contribution in [0.4, 0.5) is 5.69 Å². The molecule has 114 valence electrons. The van der Waals surface area contributed by atoms with Gasteiger partial charge in [-0.15, -0.1) is 0 Å². The van der Waals surface area contributed by atoms with E-state index in [-0.39, 0.29) is 0 Å². The minimum absolute atomic E-state index is 0.802. The minimum atomic E-state index is 0.802. The zero-order chi connectivity index (χ0) is 15.0. The first-order valence-electron chi connectivity index (χ1n) is 8.21. The number of anilines is 1. The summed E-state index contributed by atoms with van der Waals surface area (Å²) in [6.45, 7) is 15.5. The molecule has 0 aromatic heterocycles. The maximum absolute atomic E-state index is 3.39. The molecule has 2 nitrogen and oxygen atoms in total. The Balaban J connectivity index is 2.81. The highest BCUT2D eigenvalue weighted by molar-refractivity contribution is 5.54. The van der Waals surface area contributed by atoms with Crippen LogP contribution in [0.3, 0.4) is 0 Å². The van der Waals surface area contributed by atoms with Gasteiger partial charge in [-0.25, -0.2) is 0 Å². The van der Waals surface area contributed by atoms with Crippen LogP contribution in [0.5, 0.6) is 0 Å². The van der Waals surface area contributed by atoms with Crippen LogP contribution in [0.25, 0.3) is 0 Å². The minimum Gasteiger partial charge on any atom is -0.371 e. The maximum Gasteiger partial charge on any atom is 0.0396 e. The summed E-state index contributed by atoms with van der Waals surface area (Å²) in [6, 6.07) is 6.89. The first-order valence-corrected chi connectivity index (χ1v) is 8.21. The topological polar surface area (TPSA) is 15.3 Å². The normalized spacial score (nSPS) is 11.1. The summed E-state index contributed by atoms with van der Waals surface area (Å²) >= 11 is 0. The standard InChI is InChI=1S/C18H32N2/c1-6-16(7-2)14-20(9-4)18-11-10-17(12-15(18)5)13-19-8-3/h10-12,16,19H,6-9,13-14H2,1-5H3. The Kier molecular flexibility index (Phi) is 7.68. The molecule has 1 rings (SSSR count). The second-order valence-corrected chi connectivity index (χ2v) is 5.62. The van der Waals surface area contributed by atoms with E-state index in [1.54, 1.807) is 0 Å². The van der Waals surface area contributed by atoms with Crippen LogP contribution in [0, 0.1) is 12.8 Å². The summed E-state index contributed by atoms with van der Waals surface area (Å²) in [5, 5.41) is 3.39. The second-order valence-electron chi connectivity index (χ2n) is 5.62. The van der Waals surface area contributed by atoms with Crippen LogP contribution < -0.4 is 10.2 Å². The lowest BCUT2D eigenvalue weighted by atomic mass is 10.0. The summed E-state index contributed by atoms with van der Waals surface area (Å²) in [5.74, 6) is 0.802. The number of nitrogens with one attached hydrogen (secondary N) is 1. The molecule has 0 unspecified atom stereocenters. The van der Waals surface area contributed by atoms with E-state index in [0.717, 1.165) is 25.6 Å².